The quantitative estimate of drug-likeness (QED) is 0.849. The molecule has 20 heavy (non-hydrogen) atoms. The molecular formula is C14H22F3NO2. The molecule has 1 saturated carbocycles. The van der Waals surface area contributed by atoms with Crippen LogP contribution in [0.4, 0.5) is 13.2 Å². The summed E-state index contributed by atoms with van der Waals surface area (Å²) in [6.07, 6.45) is -1.10. The van der Waals surface area contributed by atoms with Crippen molar-refractivity contribution in [1.29, 1.82) is 0 Å². The Bertz CT molecular complexity index is 372. The van der Waals surface area contributed by atoms with Crippen molar-refractivity contribution in [2.75, 3.05) is 13.1 Å². The van der Waals surface area contributed by atoms with Crippen molar-refractivity contribution in [2.45, 2.75) is 57.7 Å². The molecule has 3 unspecified atom stereocenters. The third kappa shape index (κ3) is 3.27. The van der Waals surface area contributed by atoms with Gasteiger partial charge in [-0.25, -0.2) is 0 Å². The van der Waals surface area contributed by atoms with E-state index in [1.165, 1.54) is 0 Å². The van der Waals surface area contributed by atoms with Gasteiger partial charge in [-0.2, -0.15) is 13.2 Å². The molecule has 3 atom stereocenters. The van der Waals surface area contributed by atoms with E-state index in [1.54, 1.807) is 6.92 Å². The van der Waals surface area contributed by atoms with E-state index in [-0.39, 0.29) is 18.9 Å². The summed E-state index contributed by atoms with van der Waals surface area (Å²) in [6.45, 7) is 2.79. The molecule has 1 heterocycles. The van der Waals surface area contributed by atoms with Crippen molar-refractivity contribution in [3.8, 4) is 0 Å². The Morgan fingerprint density at radius 2 is 2.00 bits per heavy atom. The third-order valence-electron chi connectivity index (χ3n) is 4.87. The molecule has 2 fully saturated rings. The van der Waals surface area contributed by atoms with Crippen LogP contribution in [0.3, 0.4) is 0 Å². The van der Waals surface area contributed by atoms with Gasteiger partial charge in [-0.3, -0.25) is 9.69 Å². The molecule has 6 heteroatoms. The van der Waals surface area contributed by atoms with Gasteiger partial charge in [0.1, 0.15) is 0 Å². The Labute approximate surface area is 117 Å². The fourth-order valence-corrected chi connectivity index (χ4v) is 3.56. The molecule has 3 nitrogen and oxygen atoms in total. The Morgan fingerprint density at radius 3 is 2.60 bits per heavy atom. The van der Waals surface area contributed by atoms with Gasteiger partial charge in [0.2, 0.25) is 0 Å². The number of piperidine rings is 1. The Hall–Kier alpha value is -0.780. The molecule has 1 aliphatic carbocycles. The van der Waals surface area contributed by atoms with E-state index < -0.39 is 23.5 Å². The van der Waals surface area contributed by atoms with Gasteiger partial charge < -0.3 is 5.11 Å². The molecule has 1 saturated heterocycles. The second-order valence-corrected chi connectivity index (χ2v) is 6.50. The summed E-state index contributed by atoms with van der Waals surface area (Å²) in [5.41, 5.74) is -0.816. The van der Waals surface area contributed by atoms with E-state index in [4.69, 9.17) is 0 Å². The summed E-state index contributed by atoms with van der Waals surface area (Å²) in [6, 6.07) is -0.116. The zero-order chi connectivity index (χ0) is 15.0. The van der Waals surface area contributed by atoms with Crippen molar-refractivity contribution in [3.05, 3.63) is 0 Å². The van der Waals surface area contributed by atoms with Crippen molar-refractivity contribution < 1.29 is 23.1 Å². The molecule has 1 N–H and O–H groups in total. The van der Waals surface area contributed by atoms with Crippen LogP contribution in [0.25, 0.3) is 0 Å². The highest BCUT2D eigenvalue weighted by Gasteiger charge is 2.45. The topological polar surface area (TPSA) is 40.5 Å². The first kappa shape index (κ1) is 15.6. The van der Waals surface area contributed by atoms with Crippen molar-refractivity contribution in [2.24, 2.45) is 11.3 Å². The number of hydrogen-bond donors (Lipinski definition) is 1. The summed E-state index contributed by atoms with van der Waals surface area (Å²) in [5.74, 6) is -2.07. The second-order valence-electron chi connectivity index (χ2n) is 6.50. The maximum absolute atomic E-state index is 12.8. The lowest BCUT2D eigenvalue weighted by molar-refractivity contribution is -0.188. The fraction of sp³-hybridized carbons (Fsp3) is 0.929. The van der Waals surface area contributed by atoms with E-state index in [0.717, 1.165) is 19.4 Å². The number of carboxylic acids is 1. The number of hydrogen-bond acceptors (Lipinski definition) is 2. The number of likely N-dealkylation sites (tertiary alicyclic amines) is 1. The van der Waals surface area contributed by atoms with Crippen LogP contribution in [0.2, 0.25) is 0 Å². The number of carboxylic acid groups (broad SMARTS) is 1. The smallest absolute Gasteiger partial charge is 0.391 e. The van der Waals surface area contributed by atoms with Gasteiger partial charge >= 0.3 is 12.1 Å². The summed E-state index contributed by atoms with van der Waals surface area (Å²) < 4.78 is 38.5. The number of nitrogens with zero attached hydrogens (tertiary/aromatic N) is 1. The maximum atomic E-state index is 12.8. The predicted octanol–water partition coefficient (Wildman–Crippen LogP) is 3.29. The largest absolute Gasteiger partial charge is 0.481 e. The third-order valence-corrected chi connectivity index (χ3v) is 4.87. The van der Waals surface area contributed by atoms with Crippen LogP contribution in [0.5, 0.6) is 0 Å². The predicted molar refractivity (Wildman–Crippen MR) is 68.4 cm³/mol. The number of aliphatic carboxylic acids is 1. The lowest BCUT2D eigenvalue weighted by atomic mass is 9.78. The highest BCUT2D eigenvalue weighted by Crippen LogP contribution is 2.41. The molecule has 0 radical (unpaired) electrons. The van der Waals surface area contributed by atoms with Crippen LogP contribution in [-0.2, 0) is 4.79 Å². The van der Waals surface area contributed by atoms with Crippen molar-refractivity contribution in [1.82, 2.24) is 4.90 Å². The van der Waals surface area contributed by atoms with Crippen LogP contribution in [0.1, 0.15) is 45.4 Å². The Balaban J connectivity index is 2.02. The first-order valence-electron chi connectivity index (χ1n) is 7.26. The number of halogens is 3. The standard InChI is InChI=1S/C14H22F3NO2/c1-13(12(19)20)6-3-7-18(9-13)11-5-2-4-10(8-11)14(15,16)17/h10-11H,2-9H2,1H3,(H,19,20). The molecule has 116 valence electrons. The second kappa shape index (κ2) is 5.54. The van der Waals surface area contributed by atoms with Gasteiger partial charge in [-0.15, -0.1) is 0 Å². The van der Waals surface area contributed by atoms with Gasteiger partial charge in [0, 0.05) is 12.6 Å². The highest BCUT2D eigenvalue weighted by atomic mass is 19.4. The maximum Gasteiger partial charge on any atom is 0.391 e. The van der Waals surface area contributed by atoms with Crippen LogP contribution >= 0.6 is 0 Å². The summed E-state index contributed by atoms with van der Waals surface area (Å²) in [7, 11) is 0. The van der Waals surface area contributed by atoms with E-state index in [0.29, 0.717) is 19.4 Å². The van der Waals surface area contributed by atoms with Gasteiger partial charge in [-0.05, 0) is 45.6 Å². The van der Waals surface area contributed by atoms with Crippen molar-refractivity contribution in [3.63, 3.8) is 0 Å². The zero-order valence-electron chi connectivity index (χ0n) is 11.7. The zero-order valence-corrected chi connectivity index (χ0v) is 11.7. The Morgan fingerprint density at radius 1 is 1.30 bits per heavy atom. The lowest BCUT2D eigenvalue weighted by Crippen LogP contribution is -2.51. The van der Waals surface area contributed by atoms with E-state index >= 15 is 0 Å². The Kier molecular flexibility index (Phi) is 4.33. The molecule has 0 aromatic carbocycles. The molecule has 0 amide bonds. The molecule has 0 aromatic heterocycles. The van der Waals surface area contributed by atoms with Crippen LogP contribution in [-0.4, -0.2) is 41.3 Å². The average Bonchev–Trinajstić information content (AvgIpc) is 2.38. The number of alkyl halides is 3. The molecule has 0 aromatic rings. The fourth-order valence-electron chi connectivity index (χ4n) is 3.56. The van der Waals surface area contributed by atoms with Crippen LogP contribution in [0.15, 0.2) is 0 Å². The normalized spacial score (nSPS) is 36.8. The minimum absolute atomic E-state index is 0.116. The van der Waals surface area contributed by atoms with Gasteiger partial charge in [0.15, 0.2) is 0 Å². The summed E-state index contributed by atoms with van der Waals surface area (Å²) >= 11 is 0. The summed E-state index contributed by atoms with van der Waals surface area (Å²) in [5, 5.41) is 9.29. The van der Waals surface area contributed by atoms with E-state index in [2.05, 4.69) is 0 Å². The molecular weight excluding hydrogens is 271 g/mol. The minimum Gasteiger partial charge on any atom is -0.481 e. The van der Waals surface area contributed by atoms with Crippen LogP contribution < -0.4 is 0 Å². The highest BCUT2D eigenvalue weighted by molar-refractivity contribution is 5.74. The SMILES string of the molecule is CC1(C(=O)O)CCCN(C2CCCC(C(F)(F)F)C2)C1. The molecule has 1 aliphatic heterocycles. The minimum atomic E-state index is -4.12. The average molecular weight is 293 g/mol. The molecule has 0 bridgehead atoms. The van der Waals surface area contributed by atoms with Gasteiger partial charge in [0.25, 0.3) is 0 Å². The summed E-state index contributed by atoms with van der Waals surface area (Å²) in [4.78, 5) is 13.3. The monoisotopic (exact) mass is 293 g/mol. The number of carbonyl (C=O) groups is 1. The molecule has 2 rings (SSSR count). The van der Waals surface area contributed by atoms with Crippen molar-refractivity contribution >= 4 is 5.97 Å². The molecule has 2 aliphatic rings. The molecule has 0 spiro atoms. The number of rotatable bonds is 2. The van der Waals surface area contributed by atoms with Crippen LogP contribution in [0, 0.1) is 11.3 Å². The first-order valence-corrected chi connectivity index (χ1v) is 7.26. The van der Waals surface area contributed by atoms with Gasteiger partial charge in [-0.1, -0.05) is 6.42 Å². The van der Waals surface area contributed by atoms with Gasteiger partial charge in [0.05, 0.1) is 11.3 Å². The first-order chi connectivity index (χ1) is 9.22. The lowest BCUT2D eigenvalue weighted by Gasteiger charge is -2.44. The van der Waals surface area contributed by atoms with E-state index in [9.17, 15) is 23.1 Å². The van der Waals surface area contributed by atoms with E-state index in [1.807, 2.05) is 4.90 Å².